The summed E-state index contributed by atoms with van der Waals surface area (Å²) in [4.78, 5) is 11.8. The molecule has 6 heteroatoms. The van der Waals surface area contributed by atoms with E-state index in [0.717, 1.165) is 17.8 Å². The number of rotatable bonds is 6. The van der Waals surface area contributed by atoms with Crippen LogP contribution < -0.4 is 15.4 Å². The van der Waals surface area contributed by atoms with Crippen LogP contribution in [0.15, 0.2) is 48.5 Å². The normalized spacial score (nSPS) is 9.92. The number of carbonyl (C=O) groups excluding carboxylic acids is 1. The van der Waals surface area contributed by atoms with Gasteiger partial charge in [-0.15, -0.1) is 0 Å². The number of hydrogen-bond acceptors (Lipinski definition) is 4. The Morgan fingerprint density at radius 3 is 2.46 bits per heavy atom. The summed E-state index contributed by atoms with van der Waals surface area (Å²) in [6, 6.07) is 14.5. The molecule has 2 rings (SSSR count). The number of carbonyl (C=O) groups is 1. The monoisotopic (exact) mass is 344 g/mol. The van der Waals surface area contributed by atoms with Gasteiger partial charge in [-0.05, 0) is 55.0 Å². The Balaban J connectivity index is 1.95. The van der Waals surface area contributed by atoms with E-state index in [1.807, 2.05) is 31.2 Å². The van der Waals surface area contributed by atoms with E-state index in [9.17, 15) is 4.79 Å². The van der Waals surface area contributed by atoms with Crippen molar-refractivity contribution in [3.8, 4) is 5.75 Å². The first-order valence-electron chi connectivity index (χ1n) is 7.62. The standard InChI is InChI=1S/C18H20N2O3S/c1-3-12-23-17(21)13-8-10-14(11-9-13)19-18(24)20-15-6-4-5-7-16(15)22-2/h4-11H,3,12H2,1-2H3,(H2,19,20,24). The van der Waals surface area contributed by atoms with E-state index in [0.29, 0.717) is 23.0 Å². The summed E-state index contributed by atoms with van der Waals surface area (Å²) >= 11 is 5.30. The van der Waals surface area contributed by atoms with E-state index in [2.05, 4.69) is 10.6 Å². The van der Waals surface area contributed by atoms with Crippen LogP contribution in [0.4, 0.5) is 11.4 Å². The zero-order chi connectivity index (χ0) is 17.4. The number of esters is 1. The number of nitrogens with one attached hydrogen (secondary N) is 2. The van der Waals surface area contributed by atoms with Crippen molar-refractivity contribution < 1.29 is 14.3 Å². The molecular weight excluding hydrogens is 324 g/mol. The lowest BCUT2D eigenvalue weighted by atomic mass is 10.2. The molecule has 0 aliphatic carbocycles. The predicted octanol–water partition coefficient (Wildman–Crippen LogP) is 4.07. The topological polar surface area (TPSA) is 59.6 Å². The SMILES string of the molecule is CCCOC(=O)c1ccc(NC(=S)Nc2ccccc2OC)cc1. The summed E-state index contributed by atoms with van der Waals surface area (Å²) in [5.41, 5.74) is 2.06. The second-order valence-corrected chi connectivity index (χ2v) is 5.40. The molecule has 2 aromatic carbocycles. The fraction of sp³-hybridized carbons (Fsp3) is 0.222. The van der Waals surface area contributed by atoms with Gasteiger partial charge in [-0.1, -0.05) is 19.1 Å². The largest absolute Gasteiger partial charge is 0.495 e. The van der Waals surface area contributed by atoms with Gasteiger partial charge in [0.05, 0.1) is 25.0 Å². The fourth-order valence-electron chi connectivity index (χ4n) is 2.00. The molecule has 0 unspecified atom stereocenters. The molecule has 0 saturated heterocycles. The number of thiocarbonyl (C=S) groups is 1. The van der Waals surface area contributed by atoms with Crippen molar-refractivity contribution in [3.05, 3.63) is 54.1 Å². The number of hydrogen-bond donors (Lipinski definition) is 2. The van der Waals surface area contributed by atoms with Crippen molar-refractivity contribution in [2.24, 2.45) is 0 Å². The minimum Gasteiger partial charge on any atom is -0.495 e. The maximum atomic E-state index is 11.8. The molecule has 0 aliphatic rings. The second-order valence-electron chi connectivity index (χ2n) is 4.99. The molecule has 24 heavy (non-hydrogen) atoms. The third-order valence-corrected chi connectivity index (χ3v) is 3.38. The average Bonchev–Trinajstić information content (AvgIpc) is 2.60. The predicted molar refractivity (Wildman–Crippen MR) is 99.9 cm³/mol. The average molecular weight is 344 g/mol. The second kappa shape index (κ2) is 8.88. The van der Waals surface area contributed by atoms with Crippen LogP contribution >= 0.6 is 12.2 Å². The third kappa shape index (κ3) is 4.96. The molecular formula is C18H20N2O3S. The fourth-order valence-corrected chi connectivity index (χ4v) is 2.23. The van der Waals surface area contributed by atoms with Crippen molar-refractivity contribution in [1.29, 1.82) is 0 Å². The Morgan fingerprint density at radius 1 is 1.08 bits per heavy atom. The lowest BCUT2D eigenvalue weighted by molar-refractivity contribution is 0.0505. The van der Waals surface area contributed by atoms with Crippen LogP contribution in [0, 0.1) is 0 Å². The molecule has 0 radical (unpaired) electrons. The quantitative estimate of drug-likeness (QED) is 0.608. The van der Waals surface area contributed by atoms with Gasteiger partial charge in [-0.2, -0.15) is 0 Å². The van der Waals surface area contributed by atoms with Crippen LogP contribution in [-0.4, -0.2) is 24.8 Å². The van der Waals surface area contributed by atoms with Crippen LogP contribution in [0.3, 0.4) is 0 Å². The van der Waals surface area contributed by atoms with Crippen molar-refractivity contribution in [3.63, 3.8) is 0 Å². The zero-order valence-electron chi connectivity index (χ0n) is 13.7. The smallest absolute Gasteiger partial charge is 0.338 e. The Bertz CT molecular complexity index is 702. The van der Waals surface area contributed by atoms with Crippen LogP contribution in [0.25, 0.3) is 0 Å². The summed E-state index contributed by atoms with van der Waals surface area (Å²) in [5, 5.41) is 6.57. The van der Waals surface area contributed by atoms with Crippen LogP contribution in [0.5, 0.6) is 5.75 Å². The van der Waals surface area contributed by atoms with Gasteiger partial charge in [0.2, 0.25) is 0 Å². The minimum atomic E-state index is -0.321. The number of anilines is 2. The van der Waals surface area contributed by atoms with Gasteiger partial charge in [-0.25, -0.2) is 4.79 Å². The van der Waals surface area contributed by atoms with Gasteiger partial charge in [0.25, 0.3) is 0 Å². The van der Waals surface area contributed by atoms with Crippen LogP contribution in [0.1, 0.15) is 23.7 Å². The van der Waals surface area contributed by atoms with Crippen molar-refractivity contribution in [2.45, 2.75) is 13.3 Å². The highest BCUT2D eigenvalue weighted by Crippen LogP contribution is 2.23. The number of benzene rings is 2. The van der Waals surface area contributed by atoms with Gasteiger partial charge >= 0.3 is 5.97 Å². The highest BCUT2D eigenvalue weighted by Gasteiger charge is 2.07. The van der Waals surface area contributed by atoms with E-state index < -0.39 is 0 Å². The van der Waals surface area contributed by atoms with E-state index in [1.54, 1.807) is 31.4 Å². The molecule has 2 N–H and O–H groups in total. The number of ether oxygens (including phenoxy) is 2. The molecule has 5 nitrogen and oxygen atoms in total. The highest BCUT2D eigenvalue weighted by molar-refractivity contribution is 7.80. The highest BCUT2D eigenvalue weighted by atomic mass is 32.1. The van der Waals surface area contributed by atoms with Gasteiger partial charge in [0, 0.05) is 5.69 Å². The minimum absolute atomic E-state index is 0.321. The molecule has 0 saturated carbocycles. The Labute approximate surface area is 147 Å². The summed E-state index contributed by atoms with van der Waals surface area (Å²) < 4.78 is 10.4. The lowest BCUT2D eigenvalue weighted by Gasteiger charge is -2.13. The summed E-state index contributed by atoms with van der Waals surface area (Å²) in [6.45, 7) is 2.38. The van der Waals surface area contributed by atoms with Crippen molar-refractivity contribution in [2.75, 3.05) is 24.4 Å². The van der Waals surface area contributed by atoms with Crippen LogP contribution in [-0.2, 0) is 4.74 Å². The maximum Gasteiger partial charge on any atom is 0.338 e. The summed E-state index contributed by atoms with van der Waals surface area (Å²) in [7, 11) is 1.60. The molecule has 2 aromatic rings. The molecule has 0 spiro atoms. The molecule has 0 amide bonds. The van der Waals surface area contributed by atoms with Gasteiger partial charge in [0.1, 0.15) is 5.75 Å². The van der Waals surface area contributed by atoms with Crippen molar-refractivity contribution >= 4 is 34.7 Å². The lowest BCUT2D eigenvalue weighted by Crippen LogP contribution is -2.19. The van der Waals surface area contributed by atoms with Crippen LogP contribution in [0.2, 0.25) is 0 Å². The molecule has 126 valence electrons. The molecule has 0 bridgehead atoms. The molecule has 0 heterocycles. The van der Waals surface area contributed by atoms with Gasteiger partial charge in [0.15, 0.2) is 5.11 Å². The van der Waals surface area contributed by atoms with Gasteiger partial charge < -0.3 is 20.1 Å². The third-order valence-electron chi connectivity index (χ3n) is 3.17. The number of methoxy groups -OCH3 is 1. The molecule has 0 atom stereocenters. The Morgan fingerprint density at radius 2 is 1.79 bits per heavy atom. The number of para-hydroxylation sites is 2. The molecule has 0 fully saturated rings. The molecule has 0 aromatic heterocycles. The van der Waals surface area contributed by atoms with Crippen molar-refractivity contribution in [1.82, 2.24) is 0 Å². The summed E-state index contributed by atoms with van der Waals surface area (Å²) in [5.74, 6) is 0.383. The maximum absolute atomic E-state index is 11.8. The van der Waals surface area contributed by atoms with Gasteiger partial charge in [-0.3, -0.25) is 0 Å². The Hall–Kier alpha value is -2.60. The Kier molecular flexibility index (Phi) is 6.57. The van der Waals surface area contributed by atoms with E-state index in [4.69, 9.17) is 21.7 Å². The first-order chi connectivity index (χ1) is 11.6. The van der Waals surface area contributed by atoms with E-state index >= 15 is 0 Å². The first-order valence-corrected chi connectivity index (χ1v) is 8.03. The van der Waals surface area contributed by atoms with E-state index in [1.165, 1.54) is 0 Å². The zero-order valence-corrected chi connectivity index (χ0v) is 14.5. The first kappa shape index (κ1) is 17.7. The summed E-state index contributed by atoms with van der Waals surface area (Å²) in [6.07, 6.45) is 0.800. The molecule has 0 aliphatic heterocycles. The van der Waals surface area contributed by atoms with E-state index in [-0.39, 0.29) is 5.97 Å².